The summed E-state index contributed by atoms with van der Waals surface area (Å²) in [6, 6.07) is 4.82. The fourth-order valence-electron chi connectivity index (χ4n) is 3.61. The van der Waals surface area contributed by atoms with E-state index in [4.69, 9.17) is 16.0 Å². The van der Waals surface area contributed by atoms with E-state index in [-0.39, 0.29) is 11.5 Å². The number of fused-ring (bicyclic) bond motifs is 1. The van der Waals surface area contributed by atoms with Crippen molar-refractivity contribution < 1.29 is 26.8 Å². The van der Waals surface area contributed by atoms with Crippen molar-refractivity contribution in [2.45, 2.75) is 45.1 Å². The van der Waals surface area contributed by atoms with Gasteiger partial charge in [0.05, 0.1) is 17.1 Å². The van der Waals surface area contributed by atoms with Crippen molar-refractivity contribution in [1.82, 2.24) is 9.78 Å². The molecule has 0 fully saturated rings. The first-order chi connectivity index (χ1) is 15.3. The Morgan fingerprint density at radius 2 is 2.03 bits per heavy atom. The van der Waals surface area contributed by atoms with Gasteiger partial charge in [-0.05, 0) is 43.4 Å². The molecule has 3 heterocycles. The summed E-state index contributed by atoms with van der Waals surface area (Å²) in [7, 11) is 0. The molecule has 0 radical (unpaired) electrons. The molecule has 0 spiro atoms. The van der Waals surface area contributed by atoms with Crippen LogP contribution in [-0.2, 0) is 19.4 Å². The van der Waals surface area contributed by atoms with E-state index in [9.17, 15) is 27.6 Å². The van der Waals surface area contributed by atoms with E-state index in [1.165, 1.54) is 23.5 Å². The Hall–Kier alpha value is -2.84. The van der Waals surface area contributed by atoms with Crippen LogP contribution in [-0.4, -0.2) is 15.7 Å². The summed E-state index contributed by atoms with van der Waals surface area (Å²) >= 11 is 6.99. The van der Waals surface area contributed by atoms with E-state index in [0.29, 0.717) is 15.2 Å². The fourth-order valence-corrected chi connectivity index (χ4v) is 5.15. The maximum Gasteiger partial charge on any atom is 0.292 e. The van der Waals surface area contributed by atoms with Crippen LogP contribution < -0.4 is 5.32 Å². The van der Waals surface area contributed by atoms with Gasteiger partial charge in [-0.2, -0.15) is 10.4 Å². The third-order valence-electron chi connectivity index (χ3n) is 5.07. The van der Waals surface area contributed by atoms with Crippen LogP contribution in [0.3, 0.4) is 0 Å². The summed E-state index contributed by atoms with van der Waals surface area (Å²) in [5.74, 6) is -0.698. The third kappa shape index (κ3) is 4.12. The molecule has 1 N–H and O–H groups in total. The Morgan fingerprint density at radius 1 is 1.28 bits per heavy atom. The van der Waals surface area contributed by atoms with Gasteiger partial charge in [-0.1, -0.05) is 11.6 Å². The van der Waals surface area contributed by atoms with Gasteiger partial charge < -0.3 is 9.73 Å². The first kappa shape index (κ1) is 22.4. The first-order valence-corrected chi connectivity index (χ1v) is 10.8. The van der Waals surface area contributed by atoms with Gasteiger partial charge in [0.1, 0.15) is 28.2 Å². The molecule has 1 amide bonds. The van der Waals surface area contributed by atoms with Crippen LogP contribution in [0.5, 0.6) is 0 Å². The molecule has 12 heteroatoms. The summed E-state index contributed by atoms with van der Waals surface area (Å²) in [5, 5.41) is 15.3. The average molecular weight is 487 g/mol. The predicted molar refractivity (Wildman–Crippen MR) is 109 cm³/mol. The number of anilines is 1. The third-order valence-corrected chi connectivity index (χ3v) is 6.67. The van der Waals surface area contributed by atoms with Crippen LogP contribution >= 0.6 is 22.9 Å². The monoisotopic (exact) mass is 486 g/mol. The number of amides is 1. The van der Waals surface area contributed by atoms with Crippen molar-refractivity contribution in [2.24, 2.45) is 0 Å². The highest BCUT2D eigenvalue weighted by Crippen LogP contribution is 2.38. The minimum Gasteiger partial charge on any atom is -0.454 e. The van der Waals surface area contributed by atoms with Crippen LogP contribution in [0.4, 0.5) is 22.6 Å². The Balaban J connectivity index is 1.54. The summed E-state index contributed by atoms with van der Waals surface area (Å²) in [6.07, 6.45) is -2.60. The quantitative estimate of drug-likeness (QED) is 0.425. The molecule has 0 aliphatic heterocycles. The van der Waals surface area contributed by atoms with Crippen molar-refractivity contribution in [3.63, 3.8) is 0 Å². The molecule has 0 bridgehead atoms. The lowest BCUT2D eigenvalue weighted by atomic mass is 9.96. The Kier molecular flexibility index (Phi) is 6.26. The Morgan fingerprint density at radius 3 is 2.72 bits per heavy atom. The van der Waals surface area contributed by atoms with Crippen molar-refractivity contribution >= 4 is 33.8 Å². The molecular formula is C20H15ClF4N4O2S. The number of nitriles is 1. The maximum absolute atomic E-state index is 13.3. The van der Waals surface area contributed by atoms with Gasteiger partial charge in [-0.25, -0.2) is 17.6 Å². The highest BCUT2D eigenvalue weighted by atomic mass is 35.5. The molecule has 3 aromatic heterocycles. The minimum atomic E-state index is -3.13. The second-order valence-corrected chi connectivity index (χ2v) is 8.57. The Labute approximate surface area is 188 Å². The molecule has 168 valence electrons. The summed E-state index contributed by atoms with van der Waals surface area (Å²) < 4.78 is 58.6. The molecule has 1 aliphatic rings. The molecule has 3 aromatic rings. The molecule has 0 aromatic carbocycles. The predicted octanol–water partition coefficient (Wildman–Crippen LogP) is 6.12. The van der Waals surface area contributed by atoms with Crippen LogP contribution in [0, 0.1) is 11.3 Å². The van der Waals surface area contributed by atoms with E-state index >= 15 is 0 Å². The number of carbonyl (C=O) groups excluding carboxylic acids is 1. The van der Waals surface area contributed by atoms with Crippen LogP contribution in [0.15, 0.2) is 16.5 Å². The second kappa shape index (κ2) is 8.96. The van der Waals surface area contributed by atoms with E-state index < -0.39 is 41.7 Å². The largest absolute Gasteiger partial charge is 0.454 e. The first-order valence-electron chi connectivity index (χ1n) is 9.57. The maximum atomic E-state index is 13.3. The molecule has 6 nitrogen and oxygen atoms in total. The van der Waals surface area contributed by atoms with Gasteiger partial charge in [0.25, 0.3) is 18.8 Å². The molecule has 0 saturated carbocycles. The van der Waals surface area contributed by atoms with Crippen LogP contribution in [0.2, 0.25) is 5.02 Å². The number of furan rings is 1. The van der Waals surface area contributed by atoms with E-state index in [0.717, 1.165) is 36.1 Å². The number of hydrogen-bond acceptors (Lipinski definition) is 5. The van der Waals surface area contributed by atoms with Gasteiger partial charge >= 0.3 is 0 Å². The molecule has 0 atom stereocenters. The number of halogens is 5. The normalized spacial score (nSPS) is 13.4. The van der Waals surface area contributed by atoms with Gasteiger partial charge in [0.2, 0.25) is 0 Å². The molecule has 1 aliphatic carbocycles. The van der Waals surface area contributed by atoms with E-state index in [2.05, 4.69) is 16.5 Å². The highest BCUT2D eigenvalue weighted by molar-refractivity contribution is 7.16. The number of aryl methyl sites for hydroxylation is 1. The summed E-state index contributed by atoms with van der Waals surface area (Å²) in [4.78, 5) is 13.7. The minimum absolute atomic E-state index is 0.0445. The number of thiophene rings is 1. The van der Waals surface area contributed by atoms with Crippen LogP contribution in [0.25, 0.3) is 0 Å². The molecular weight excluding hydrogens is 472 g/mol. The van der Waals surface area contributed by atoms with E-state index in [1.54, 1.807) is 0 Å². The standard InChI is InChI=1S/C20H15ClF4N4O2S/c21-14-15(17(22)23)28-29(16(14)18(24)25)8-9-5-6-12(31-9)19(30)27-20-11(7-26)10-3-1-2-4-13(10)32-20/h5-6,17-18H,1-4,8H2,(H,27,30). The van der Waals surface area contributed by atoms with Gasteiger partial charge in [-0.15, -0.1) is 11.3 Å². The lowest BCUT2D eigenvalue weighted by Crippen LogP contribution is -2.11. The number of aromatic nitrogens is 2. The van der Waals surface area contributed by atoms with Gasteiger partial charge in [-0.3, -0.25) is 9.48 Å². The number of alkyl halides is 4. The SMILES string of the molecule is N#Cc1c(NC(=O)c2ccc(Cn3nc(C(F)F)c(Cl)c3C(F)F)o2)sc2c1CCCC2. The zero-order chi connectivity index (χ0) is 23.0. The van der Waals surface area contributed by atoms with Crippen molar-refractivity contribution in [3.05, 3.63) is 56.1 Å². The molecule has 4 rings (SSSR count). The number of hydrogen-bond donors (Lipinski definition) is 1. The number of nitrogens with one attached hydrogen (secondary N) is 1. The molecule has 0 unspecified atom stereocenters. The molecule has 0 saturated heterocycles. The van der Waals surface area contributed by atoms with Crippen LogP contribution in [0.1, 0.15) is 69.4 Å². The fraction of sp³-hybridized carbons (Fsp3) is 0.350. The van der Waals surface area contributed by atoms with Gasteiger partial charge in [0.15, 0.2) is 5.76 Å². The lowest BCUT2D eigenvalue weighted by Gasteiger charge is -2.09. The average Bonchev–Trinajstić information content (AvgIpc) is 3.43. The zero-order valence-corrected chi connectivity index (χ0v) is 17.9. The number of rotatable bonds is 6. The van der Waals surface area contributed by atoms with Crippen molar-refractivity contribution in [3.8, 4) is 6.07 Å². The summed E-state index contributed by atoms with van der Waals surface area (Å²) in [6.45, 7) is -0.420. The second-order valence-electron chi connectivity index (χ2n) is 7.09. The zero-order valence-electron chi connectivity index (χ0n) is 16.3. The lowest BCUT2D eigenvalue weighted by molar-refractivity contribution is 0.0994. The summed E-state index contributed by atoms with van der Waals surface area (Å²) in [5.41, 5.74) is -0.398. The smallest absolute Gasteiger partial charge is 0.292 e. The Bertz CT molecular complexity index is 1210. The van der Waals surface area contributed by atoms with Crippen molar-refractivity contribution in [1.29, 1.82) is 5.26 Å². The highest BCUT2D eigenvalue weighted by Gasteiger charge is 2.29. The number of carbonyl (C=O) groups is 1. The number of nitrogens with zero attached hydrogens (tertiary/aromatic N) is 3. The van der Waals surface area contributed by atoms with Gasteiger partial charge in [0, 0.05) is 4.88 Å². The topological polar surface area (TPSA) is 83.9 Å². The molecule has 32 heavy (non-hydrogen) atoms. The van der Waals surface area contributed by atoms with Crippen molar-refractivity contribution in [2.75, 3.05) is 5.32 Å². The van der Waals surface area contributed by atoms with E-state index in [1.807, 2.05) is 0 Å².